The number of aromatic nitrogens is 2. The molecule has 98 valence electrons. The summed E-state index contributed by atoms with van der Waals surface area (Å²) >= 11 is 0. The van der Waals surface area contributed by atoms with Crippen LogP contribution in [0.15, 0.2) is 24.5 Å². The van der Waals surface area contributed by atoms with E-state index in [0.717, 1.165) is 0 Å². The molecule has 0 radical (unpaired) electrons. The highest BCUT2D eigenvalue weighted by atomic mass is 16.6. The summed E-state index contributed by atoms with van der Waals surface area (Å²) in [5.74, 6) is -0.549. The second-order valence-electron chi connectivity index (χ2n) is 3.75. The smallest absolute Gasteiger partial charge is 0.305 e. The number of nitro benzene ring substituents is 1. The highest BCUT2D eigenvalue weighted by molar-refractivity contribution is 5.90. The summed E-state index contributed by atoms with van der Waals surface area (Å²) in [5.41, 5.74) is 0.488. The highest BCUT2D eigenvalue weighted by Gasteiger charge is 2.10. The topological polar surface area (TPSA) is 118 Å². The lowest BCUT2D eigenvalue weighted by Gasteiger charge is -2.06. The largest absolute Gasteiger partial charge is 0.481 e. The second-order valence-corrected chi connectivity index (χ2v) is 3.75. The summed E-state index contributed by atoms with van der Waals surface area (Å²) < 4.78 is 0. The molecule has 8 nitrogen and oxygen atoms in total. The number of carbonyl (C=O) groups is 1. The zero-order valence-corrected chi connectivity index (χ0v) is 9.74. The van der Waals surface area contributed by atoms with E-state index in [2.05, 4.69) is 15.3 Å². The maximum atomic E-state index is 10.7. The molecule has 0 unspecified atom stereocenters. The molecule has 0 saturated heterocycles. The highest BCUT2D eigenvalue weighted by Crippen LogP contribution is 2.24. The Morgan fingerprint density at radius 1 is 1.42 bits per heavy atom. The number of non-ortho nitro benzene ring substituents is 1. The number of nitrogens with one attached hydrogen (secondary N) is 1. The monoisotopic (exact) mass is 262 g/mol. The average molecular weight is 262 g/mol. The molecule has 0 spiro atoms. The van der Waals surface area contributed by atoms with Crippen LogP contribution in [0.1, 0.15) is 6.42 Å². The van der Waals surface area contributed by atoms with Crippen molar-refractivity contribution in [3.05, 3.63) is 34.6 Å². The maximum Gasteiger partial charge on any atom is 0.305 e. The predicted molar refractivity (Wildman–Crippen MR) is 66.9 cm³/mol. The van der Waals surface area contributed by atoms with Crippen molar-refractivity contribution < 1.29 is 14.8 Å². The van der Waals surface area contributed by atoms with Crippen LogP contribution in [0.4, 0.5) is 11.5 Å². The molecule has 19 heavy (non-hydrogen) atoms. The van der Waals surface area contributed by atoms with Gasteiger partial charge in [-0.2, -0.15) is 0 Å². The minimum atomic E-state index is -0.933. The number of aliphatic carboxylic acids is 1. The van der Waals surface area contributed by atoms with Crippen LogP contribution < -0.4 is 5.32 Å². The van der Waals surface area contributed by atoms with Gasteiger partial charge in [-0.3, -0.25) is 14.9 Å². The van der Waals surface area contributed by atoms with Crippen molar-refractivity contribution >= 4 is 28.4 Å². The van der Waals surface area contributed by atoms with E-state index in [0.29, 0.717) is 16.7 Å². The lowest BCUT2D eigenvalue weighted by molar-refractivity contribution is -0.384. The number of carboxylic acids is 1. The van der Waals surface area contributed by atoms with Crippen LogP contribution in [0.2, 0.25) is 0 Å². The molecule has 1 heterocycles. The van der Waals surface area contributed by atoms with Gasteiger partial charge in [0, 0.05) is 24.1 Å². The van der Waals surface area contributed by atoms with Crippen LogP contribution in [0.25, 0.3) is 10.9 Å². The molecule has 0 aliphatic heterocycles. The zero-order chi connectivity index (χ0) is 13.8. The standard InChI is InChI=1S/C11H10N4O4/c16-10(17)3-4-12-11-8-5-7(15(18)19)1-2-9(8)13-6-14-11/h1-2,5-6H,3-4H2,(H,16,17)(H,12,13,14). The van der Waals surface area contributed by atoms with E-state index in [9.17, 15) is 14.9 Å². The fourth-order valence-corrected chi connectivity index (χ4v) is 1.59. The van der Waals surface area contributed by atoms with E-state index in [4.69, 9.17) is 5.11 Å². The molecule has 0 saturated carbocycles. The molecule has 0 aliphatic rings. The van der Waals surface area contributed by atoms with E-state index >= 15 is 0 Å². The lowest BCUT2D eigenvalue weighted by atomic mass is 10.2. The van der Waals surface area contributed by atoms with Crippen LogP contribution >= 0.6 is 0 Å². The molecule has 0 fully saturated rings. The fourth-order valence-electron chi connectivity index (χ4n) is 1.59. The van der Waals surface area contributed by atoms with E-state index in [1.54, 1.807) is 0 Å². The SMILES string of the molecule is O=C(O)CCNc1ncnc2ccc([N+](=O)[O-])cc12. The minimum Gasteiger partial charge on any atom is -0.481 e. The number of benzene rings is 1. The van der Waals surface area contributed by atoms with E-state index in [1.165, 1.54) is 24.5 Å². The van der Waals surface area contributed by atoms with Gasteiger partial charge in [-0.05, 0) is 6.07 Å². The summed E-state index contributed by atoms with van der Waals surface area (Å²) in [6.45, 7) is 0.185. The van der Waals surface area contributed by atoms with Crippen molar-refractivity contribution in [1.82, 2.24) is 9.97 Å². The van der Waals surface area contributed by atoms with Crippen molar-refractivity contribution in [2.45, 2.75) is 6.42 Å². The third kappa shape index (κ3) is 2.92. The first-order valence-corrected chi connectivity index (χ1v) is 5.43. The number of nitro groups is 1. The van der Waals surface area contributed by atoms with Crippen molar-refractivity contribution in [3.63, 3.8) is 0 Å². The van der Waals surface area contributed by atoms with E-state index in [1.807, 2.05) is 0 Å². The van der Waals surface area contributed by atoms with Crippen molar-refractivity contribution in [3.8, 4) is 0 Å². The normalized spacial score (nSPS) is 10.3. The van der Waals surface area contributed by atoms with Crippen LogP contribution in [0, 0.1) is 10.1 Å². The zero-order valence-electron chi connectivity index (χ0n) is 9.74. The Bertz CT molecular complexity index is 644. The molecule has 2 N–H and O–H groups in total. The molecule has 1 aromatic heterocycles. The first-order chi connectivity index (χ1) is 9.08. The van der Waals surface area contributed by atoms with Crippen molar-refractivity contribution in [2.75, 3.05) is 11.9 Å². The van der Waals surface area contributed by atoms with Gasteiger partial charge in [-0.25, -0.2) is 9.97 Å². The molecule has 2 aromatic rings. The van der Waals surface area contributed by atoms with Gasteiger partial charge in [-0.15, -0.1) is 0 Å². The molecule has 2 rings (SSSR count). The van der Waals surface area contributed by atoms with Gasteiger partial charge in [-0.1, -0.05) is 0 Å². The summed E-state index contributed by atoms with van der Waals surface area (Å²) in [6.07, 6.45) is 1.25. The Morgan fingerprint density at radius 2 is 2.21 bits per heavy atom. The number of carboxylic acid groups (broad SMARTS) is 1. The quantitative estimate of drug-likeness (QED) is 0.617. The molecule has 8 heteroatoms. The third-order valence-electron chi connectivity index (χ3n) is 2.46. The lowest BCUT2D eigenvalue weighted by Crippen LogP contribution is -2.09. The van der Waals surface area contributed by atoms with Crippen LogP contribution in [-0.4, -0.2) is 32.5 Å². The van der Waals surface area contributed by atoms with Gasteiger partial charge in [0.1, 0.15) is 12.1 Å². The molecular weight excluding hydrogens is 252 g/mol. The fraction of sp³-hybridized carbons (Fsp3) is 0.182. The maximum absolute atomic E-state index is 10.7. The summed E-state index contributed by atoms with van der Waals surface area (Å²) in [5, 5.41) is 22.6. The molecule has 0 bridgehead atoms. The van der Waals surface area contributed by atoms with Gasteiger partial charge in [0.15, 0.2) is 0 Å². The van der Waals surface area contributed by atoms with Crippen molar-refractivity contribution in [2.24, 2.45) is 0 Å². The van der Waals surface area contributed by atoms with Gasteiger partial charge >= 0.3 is 5.97 Å². The number of anilines is 1. The summed E-state index contributed by atoms with van der Waals surface area (Å²) in [7, 11) is 0. The number of hydrogen-bond donors (Lipinski definition) is 2. The average Bonchev–Trinajstić information content (AvgIpc) is 2.38. The van der Waals surface area contributed by atoms with E-state index in [-0.39, 0.29) is 18.7 Å². The molecule has 0 amide bonds. The minimum absolute atomic E-state index is 0.0661. The molecule has 1 aromatic carbocycles. The van der Waals surface area contributed by atoms with Gasteiger partial charge in [0.2, 0.25) is 0 Å². The van der Waals surface area contributed by atoms with E-state index < -0.39 is 10.9 Å². The Kier molecular flexibility index (Phi) is 3.51. The van der Waals surface area contributed by atoms with Crippen LogP contribution in [-0.2, 0) is 4.79 Å². The van der Waals surface area contributed by atoms with Crippen LogP contribution in [0.3, 0.4) is 0 Å². The number of nitrogens with zero attached hydrogens (tertiary/aromatic N) is 3. The Balaban J connectivity index is 2.34. The van der Waals surface area contributed by atoms with Gasteiger partial charge < -0.3 is 10.4 Å². The van der Waals surface area contributed by atoms with Crippen LogP contribution in [0.5, 0.6) is 0 Å². The predicted octanol–water partition coefficient (Wildman–Crippen LogP) is 1.42. The third-order valence-corrected chi connectivity index (χ3v) is 2.46. The Labute approximate surface area is 107 Å². The number of rotatable bonds is 5. The van der Waals surface area contributed by atoms with Gasteiger partial charge in [0.05, 0.1) is 16.9 Å². The number of hydrogen-bond acceptors (Lipinski definition) is 6. The van der Waals surface area contributed by atoms with Gasteiger partial charge in [0.25, 0.3) is 5.69 Å². The molecule has 0 atom stereocenters. The molecular formula is C11H10N4O4. The summed E-state index contributed by atoms with van der Waals surface area (Å²) in [4.78, 5) is 28.6. The first-order valence-electron chi connectivity index (χ1n) is 5.43. The summed E-state index contributed by atoms with van der Waals surface area (Å²) in [6, 6.07) is 4.24. The first kappa shape index (κ1) is 12.7. The Hall–Kier alpha value is -2.77. The second kappa shape index (κ2) is 5.25. The van der Waals surface area contributed by atoms with Crippen molar-refractivity contribution in [1.29, 1.82) is 0 Å². The number of fused-ring (bicyclic) bond motifs is 1. The molecule has 0 aliphatic carbocycles. The Morgan fingerprint density at radius 3 is 2.89 bits per heavy atom.